The van der Waals surface area contributed by atoms with Gasteiger partial charge in [0, 0.05) is 5.54 Å². The molecular weight excluding hydrogens is 204 g/mol. The molecule has 0 aromatic heterocycles. The Bertz CT molecular complexity index is 304. The third-order valence-electron chi connectivity index (χ3n) is 3.55. The first-order chi connectivity index (χ1) is 7.34. The Morgan fingerprint density at radius 1 is 1.19 bits per heavy atom. The topological polar surface area (TPSA) is 49.4 Å². The summed E-state index contributed by atoms with van der Waals surface area (Å²) in [6.07, 6.45) is 4.59. The minimum atomic E-state index is -0.429. The number of rotatable bonds is 0. The van der Waals surface area contributed by atoms with E-state index in [1.807, 2.05) is 20.8 Å². The van der Waals surface area contributed by atoms with E-state index in [9.17, 15) is 9.59 Å². The summed E-state index contributed by atoms with van der Waals surface area (Å²) >= 11 is 0. The fraction of sp³-hybridized carbons (Fsp3) is 0.833. The molecular formula is C12H20N2O2. The summed E-state index contributed by atoms with van der Waals surface area (Å²) in [5.41, 5.74) is -0.655. The van der Waals surface area contributed by atoms with Gasteiger partial charge in [-0.05, 0) is 33.6 Å². The van der Waals surface area contributed by atoms with Crippen molar-refractivity contribution in [3.8, 4) is 0 Å². The normalized spacial score (nSPS) is 25.1. The highest BCUT2D eigenvalue weighted by molar-refractivity contribution is 5.98. The molecule has 2 aliphatic rings. The summed E-state index contributed by atoms with van der Waals surface area (Å²) in [6.45, 7) is 5.66. The van der Waals surface area contributed by atoms with E-state index in [1.54, 1.807) is 0 Å². The lowest BCUT2D eigenvalue weighted by Gasteiger charge is -2.43. The third-order valence-corrected chi connectivity index (χ3v) is 3.55. The van der Waals surface area contributed by atoms with Gasteiger partial charge in [0.15, 0.2) is 0 Å². The van der Waals surface area contributed by atoms with E-state index >= 15 is 0 Å². The Hall–Kier alpha value is -1.06. The van der Waals surface area contributed by atoms with Crippen LogP contribution in [-0.2, 0) is 4.79 Å². The molecule has 0 radical (unpaired) electrons. The monoisotopic (exact) mass is 224 g/mol. The van der Waals surface area contributed by atoms with E-state index < -0.39 is 5.54 Å². The van der Waals surface area contributed by atoms with E-state index in [0.717, 1.165) is 25.7 Å². The second kappa shape index (κ2) is 3.47. The summed E-state index contributed by atoms with van der Waals surface area (Å²) in [7, 11) is 0. The van der Waals surface area contributed by atoms with Gasteiger partial charge in [0.05, 0.1) is 12.0 Å². The number of carbonyl (C=O) groups is 2. The molecule has 0 bridgehead atoms. The van der Waals surface area contributed by atoms with Crippen molar-refractivity contribution in [2.24, 2.45) is 0 Å². The van der Waals surface area contributed by atoms with E-state index in [0.29, 0.717) is 6.42 Å². The van der Waals surface area contributed by atoms with E-state index in [2.05, 4.69) is 5.32 Å². The van der Waals surface area contributed by atoms with Crippen LogP contribution in [0, 0.1) is 0 Å². The predicted octanol–water partition coefficient (Wildman–Crippen LogP) is 2.04. The second-order valence-corrected chi connectivity index (χ2v) is 5.99. The first-order valence-corrected chi connectivity index (χ1v) is 5.99. The van der Waals surface area contributed by atoms with E-state index in [4.69, 9.17) is 0 Å². The van der Waals surface area contributed by atoms with Crippen molar-refractivity contribution >= 4 is 11.9 Å². The number of carbonyl (C=O) groups excluding carboxylic acids is 2. The molecule has 2 rings (SSSR count). The lowest BCUT2D eigenvalue weighted by molar-refractivity contribution is -0.135. The zero-order chi connectivity index (χ0) is 12.0. The van der Waals surface area contributed by atoms with E-state index in [-0.39, 0.29) is 17.5 Å². The predicted molar refractivity (Wildman–Crippen MR) is 60.9 cm³/mol. The summed E-state index contributed by atoms with van der Waals surface area (Å²) in [5, 5.41) is 3.04. The summed E-state index contributed by atoms with van der Waals surface area (Å²) in [4.78, 5) is 25.4. The molecule has 4 nitrogen and oxygen atoms in total. The van der Waals surface area contributed by atoms with Gasteiger partial charge in [-0.2, -0.15) is 0 Å². The maximum Gasteiger partial charge on any atom is 0.325 e. The zero-order valence-corrected chi connectivity index (χ0v) is 10.3. The molecule has 1 N–H and O–H groups in total. The number of nitrogens with one attached hydrogen (secondary N) is 1. The van der Waals surface area contributed by atoms with Crippen molar-refractivity contribution in [1.29, 1.82) is 0 Å². The van der Waals surface area contributed by atoms with Crippen LogP contribution in [0.25, 0.3) is 0 Å². The fourth-order valence-electron chi connectivity index (χ4n) is 2.84. The van der Waals surface area contributed by atoms with Crippen LogP contribution in [0.1, 0.15) is 52.9 Å². The largest absolute Gasteiger partial charge is 0.332 e. The maximum absolute atomic E-state index is 12.1. The van der Waals surface area contributed by atoms with Crippen molar-refractivity contribution < 1.29 is 9.59 Å². The second-order valence-electron chi connectivity index (χ2n) is 5.99. The Labute approximate surface area is 96.4 Å². The van der Waals surface area contributed by atoms with Gasteiger partial charge < -0.3 is 5.32 Å². The molecule has 1 saturated carbocycles. The van der Waals surface area contributed by atoms with Crippen LogP contribution in [0.3, 0.4) is 0 Å². The number of urea groups is 1. The van der Waals surface area contributed by atoms with E-state index in [1.165, 1.54) is 4.90 Å². The smallest absolute Gasteiger partial charge is 0.325 e. The van der Waals surface area contributed by atoms with Gasteiger partial charge in [0.2, 0.25) is 5.91 Å². The number of hydrogen-bond acceptors (Lipinski definition) is 2. The molecule has 90 valence electrons. The molecule has 1 spiro atoms. The maximum atomic E-state index is 12.1. The third kappa shape index (κ3) is 1.81. The first kappa shape index (κ1) is 11.4. The number of imide groups is 1. The van der Waals surface area contributed by atoms with Crippen molar-refractivity contribution in [3.63, 3.8) is 0 Å². The number of nitrogens with zero attached hydrogens (tertiary/aromatic N) is 1. The van der Waals surface area contributed by atoms with Gasteiger partial charge in [0.25, 0.3) is 0 Å². The lowest BCUT2D eigenvalue weighted by Crippen LogP contribution is -2.65. The van der Waals surface area contributed by atoms with Gasteiger partial charge in [-0.25, -0.2) is 4.79 Å². The highest BCUT2D eigenvalue weighted by atomic mass is 16.2. The molecule has 2 fully saturated rings. The Balaban J connectivity index is 2.20. The van der Waals surface area contributed by atoms with Crippen LogP contribution in [0.4, 0.5) is 4.79 Å². The Kier molecular flexibility index (Phi) is 2.48. The molecule has 3 amide bonds. The molecule has 0 unspecified atom stereocenters. The van der Waals surface area contributed by atoms with Crippen LogP contribution in [0.15, 0.2) is 0 Å². The highest BCUT2D eigenvalue weighted by Crippen LogP contribution is 2.36. The molecule has 1 saturated heterocycles. The summed E-state index contributed by atoms with van der Waals surface area (Å²) in [5.74, 6) is -0.0295. The minimum absolute atomic E-state index is 0.0295. The van der Waals surface area contributed by atoms with Crippen molar-refractivity contribution in [2.75, 3.05) is 0 Å². The van der Waals surface area contributed by atoms with Crippen molar-refractivity contribution in [3.05, 3.63) is 0 Å². The summed E-state index contributed by atoms with van der Waals surface area (Å²) in [6, 6.07) is -0.217. The summed E-state index contributed by atoms with van der Waals surface area (Å²) < 4.78 is 0. The van der Waals surface area contributed by atoms with Crippen LogP contribution in [0.2, 0.25) is 0 Å². The van der Waals surface area contributed by atoms with Gasteiger partial charge in [-0.15, -0.1) is 0 Å². The molecule has 1 aliphatic heterocycles. The van der Waals surface area contributed by atoms with Gasteiger partial charge >= 0.3 is 6.03 Å². The lowest BCUT2D eigenvalue weighted by atomic mass is 9.89. The average Bonchev–Trinajstić information content (AvgIpc) is 2.48. The quantitative estimate of drug-likeness (QED) is 0.684. The zero-order valence-electron chi connectivity index (χ0n) is 10.3. The molecule has 0 aromatic carbocycles. The van der Waals surface area contributed by atoms with Crippen molar-refractivity contribution in [2.45, 2.75) is 64.0 Å². The molecule has 16 heavy (non-hydrogen) atoms. The molecule has 4 heteroatoms. The molecule has 0 atom stereocenters. The van der Waals surface area contributed by atoms with Gasteiger partial charge in [0.1, 0.15) is 0 Å². The van der Waals surface area contributed by atoms with Crippen LogP contribution < -0.4 is 5.32 Å². The molecule has 0 aromatic rings. The van der Waals surface area contributed by atoms with Gasteiger partial charge in [-0.3, -0.25) is 9.69 Å². The minimum Gasteiger partial charge on any atom is -0.332 e. The molecule has 1 heterocycles. The first-order valence-electron chi connectivity index (χ1n) is 5.99. The highest BCUT2D eigenvalue weighted by Gasteiger charge is 2.47. The van der Waals surface area contributed by atoms with Gasteiger partial charge in [-0.1, -0.05) is 12.8 Å². The van der Waals surface area contributed by atoms with Crippen LogP contribution in [0.5, 0.6) is 0 Å². The van der Waals surface area contributed by atoms with Crippen LogP contribution in [-0.4, -0.2) is 27.9 Å². The SMILES string of the molecule is CC(C)(C)N1C(=O)CC2(CCCC2)NC1=O. The Morgan fingerprint density at radius 2 is 1.75 bits per heavy atom. The average molecular weight is 224 g/mol. The van der Waals surface area contributed by atoms with Crippen molar-refractivity contribution in [1.82, 2.24) is 10.2 Å². The number of hydrogen-bond donors (Lipinski definition) is 1. The standard InChI is InChI=1S/C12H20N2O2/c1-11(2,3)14-9(15)8-12(13-10(14)16)6-4-5-7-12/h4-8H2,1-3H3,(H,13,16). The number of amides is 3. The van der Waals surface area contributed by atoms with Crippen LogP contribution >= 0.6 is 0 Å². The molecule has 1 aliphatic carbocycles. The fourth-order valence-corrected chi connectivity index (χ4v) is 2.84. The Morgan fingerprint density at radius 3 is 2.19 bits per heavy atom.